The number of nitrogens with zero attached hydrogens (tertiary/aromatic N) is 4. The maximum Gasteiger partial charge on any atom is 0.317 e. The van der Waals surface area contributed by atoms with Gasteiger partial charge in [-0.25, -0.2) is 0 Å². The van der Waals surface area contributed by atoms with Gasteiger partial charge in [-0.15, -0.1) is 0 Å². The van der Waals surface area contributed by atoms with Crippen LogP contribution in [0.2, 0.25) is 0 Å². The highest BCUT2D eigenvalue weighted by atomic mass is 33.1. The number of benzene rings is 3. The first kappa shape index (κ1) is 81.3. The molecule has 0 spiro atoms. The Morgan fingerprint density at radius 1 is 0.620 bits per heavy atom. The van der Waals surface area contributed by atoms with E-state index in [1.54, 1.807) is 75.3 Å². The molecule has 4 aromatic rings. The van der Waals surface area contributed by atoms with Gasteiger partial charge < -0.3 is 67.3 Å². The third-order valence-electron chi connectivity index (χ3n) is 18.1. The molecule has 1 aromatic heterocycles. The van der Waals surface area contributed by atoms with Crippen LogP contribution in [0.5, 0.6) is 5.75 Å². The van der Waals surface area contributed by atoms with Crippen LogP contribution in [0.1, 0.15) is 75.5 Å². The number of Topliss-reactive ketones (excluding diaryl/α,β-unsaturated/α-hetero) is 4. The van der Waals surface area contributed by atoms with Crippen LogP contribution >= 0.6 is 21.6 Å². The molecular weight excluding hydrogens is 1330 g/mol. The Morgan fingerprint density at radius 3 is 1.74 bits per heavy atom. The Hall–Kier alpha value is -7.65. The van der Waals surface area contributed by atoms with Crippen LogP contribution < -0.4 is 26.6 Å². The number of para-hydroxylation sites is 1. The third kappa shape index (κ3) is 27.7. The Bertz CT molecular complexity index is 3330. The monoisotopic (exact) mass is 1430 g/mol. The van der Waals surface area contributed by atoms with E-state index in [4.69, 9.17) is 0 Å². The summed E-state index contributed by atoms with van der Waals surface area (Å²) < 4.78 is 0. The number of carbonyl (C=O) groups is 11. The van der Waals surface area contributed by atoms with E-state index in [9.17, 15) is 69.3 Å². The second kappa shape index (κ2) is 41.9. The standard InChI is InChI=1S/C70H98N10O18S2/c1-44(82)50(41-81)33-62(87)59-43-100-99-42-51(34-61(86)57(29-46-11-5-4-6-12-46)73-64(89)37-77-21-23-78(38-65(90)91)25-27-80(40-67(94)95)28-26-79(24-22-77)39-66(92)93)69(97)75-58(30-47-16-18-52(84)19-17-47)60(85)32-48(31-49-36-72-55-14-8-7-13-53(49)55)68(96)74-56(15-9-10-20-71-3)63(88)35-54(45(2)83)70(98)76-59/h4-8,11-14,16-19,36,44-45,48,50-51,54,56-59,71-72,81-84H,9-10,15,20-35,37-43H2,1-3H3,(H,73,89)(H,74,96)(H,75,97)(H,76,98)(H,90,91)(H,92,93)(H,94,95)/t44-,45-,48+,50-,51+,54+,56+,57-,58+,59+/m1/s1. The second-order valence-electron chi connectivity index (χ2n) is 26.0. The number of hydrogen-bond acceptors (Lipinski definition) is 22. The number of aliphatic carboxylic acids is 3. The fourth-order valence-corrected chi connectivity index (χ4v) is 14.7. The van der Waals surface area contributed by atoms with Gasteiger partial charge in [0.2, 0.25) is 23.6 Å². The lowest BCUT2D eigenvalue weighted by molar-refractivity contribution is -0.140. The van der Waals surface area contributed by atoms with Gasteiger partial charge in [-0.05, 0) is 101 Å². The molecule has 3 aromatic carbocycles. The number of phenols is 1. The number of aromatic nitrogens is 1. The minimum atomic E-state index is -1.47. The molecule has 0 bridgehead atoms. The Labute approximate surface area is 589 Å². The van der Waals surface area contributed by atoms with Crippen LogP contribution in [0.25, 0.3) is 10.9 Å². The van der Waals surface area contributed by atoms with E-state index < -0.39 is 170 Å². The van der Waals surface area contributed by atoms with Gasteiger partial charge in [-0.2, -0.15) is 0 Å². The summed E-state index contributed by atoms with van der Waals surface area (Å²) in [5.74, 6) is -14.3. The third-order valence-corrected chi connectivity index (χ3v) is 20.6. The number of unbranched alkanes of at least 4 members (excludes halogenated alkanes) is 1. The van der Waals surface area contributed by atoms with Crippen molar-refractivity contribution in [3.8, 4) is 5.75 Å². The number of aliphatic hydroxyl groups is 3. The maximum absolute atomic E-state index is 15.4. The molecule has 2 saturated heterocycles. The van der Waals surface area contributed by atoms with Crippen molar-refractivity contribution in [3.05, 3.63) is 102 Å². The summed E-state index contributed by atoms with van der Waals surface area (Å²) >= 11 is 0. The highest BCUT2D eigenvalue weighted by Gasteiger charge is 2.38. The van der Waals surface area contributed by atoms with Gasteiger partial charge >= 0.3 is 17.9 Å². The first-order valence-corrected chi connectivity index (χ1v) is 36.4. The lowest BCUT2D eigenvalue weighted by Crippen LogP contribution is -2.52. The molecule has 10 atom stereocenters. The van der Waals surface area contributed by atoms with Crippen molar-refractivity contribution in [1.82, 2.24) is 51.2 Å². The van der Waals surface area contributed by atoms with E-state index in [-0.39, 0.29) is 108 Å². The van der Waals surface area contributed by atoms with Crippen molar-refractivity contribution in [3.63, 3.8) is 0 Å². The van der Waals surface area contributed by atoms with Crippen LogP contribution in [0.3, 0.4) is 0 Å². The smallest absolute Gasteiger partial charge is 0.317 e. The van der Waals surface area contributed by atoms with Gasteiger partial charge in [0.1, 0.15) is 5.75 Å². The van der Waals surface area contributed by atoms with Crippen molar-refractivity contribution >= 4 is 97.2 Å². The van der Waals surface area contributed by atoms with Crippen molar-refractivity contribution < 1.29 is 88.5 Å². The molecule has 4 amide bonds. The normalized spacial score (nSPS) is 22.2. The fraction of sp³-hybridized carbons (Fsp3) is 0.557. The van der Waals surface area contributed by atoms with Gasteiger partial charge in [0.25, 0.3) is 0 Å². The molecule has 100 heavy (non-hydrogen) atoms. The molecule has 28 nitrogen and oxygen atoms in total. The highest BCUT2D eigenvalue weighted by Crippen LogP contribution is 2.30. The summed E-state index contributed by atoms with van der Waals surface area (Å²) in [6, 6.07) is 16.7. The van der Waals surface area contributed by atoms with Gasteiger partial charge in [0.05, 0.1) is 74.4 Å². The zero-order valence-electron chi connectivity index (χ0n) is 57.0. The average molecular weight is 1430 g/mol. The molecule has 0 saturated carbocycles. The van der Waals surface area contributed by atoms with Crippen LogP contribution in [0.4, 0.5) is 0 Å². The first-order valence-electron chi connectivity index (χ1n) is 33.9. The molecule has 0 unspecified atom stereocenters. The van der Waals surface area contributed by atoms with E-state index in [1.807, 2.05) is 24.3 Å². The van der Waals surface area contributed by atoms with E-state index >= 15 is 19.2 Å². The number of H-pyrrole nitrogens is 1. The molecule has 2 aliphatic rings. The number of carboxylic acid groups (broad SMARTS) is 3. The van der Waals surface area contributed by atoms with Gasteiger partial charge in [0.15, 0.2) is 23.1 Å². The van der Waals surface area contributed by atoms with Crippen LogP contribution in [0, 0.1) is 23.7 Å². The molecule has 0 aliphatic carbocycles. The molecule has 6 rings (SSSR count). The Morgan fingerprint density at radius 2 is 1.17 bits per heavy atom. The van der Waals surface area contributed by atoms with Crippen molar-refractivity contribution in [2.75, 3.05) is 110 Å². The number of nitrogens with one attached hydrogen (secondary N) is 6. The number of aromatic hydroxyl groups is 1. The summed E-state index contributed by atoms with van der Waals surface area (Å²) in [6.07, 6.45) is -2.13. The zero-order valence-corrected chi connectivity index (χ0v) is 58.6. The Balaban J connectivity index is 1.40. The number of aliphatic hydroxyl groups excluding tert-OH is 3. The SMILES string of the molecule is CNCCCC[C@@H]1NC(=O)[C@@H](Cc2c[nH]c3ccccc23)CC(=O)[C@H](Cc2ccc(O)cc2)NC(=O)[C@@H](CC(=O)[C@@H](Cc2ccccc2)NC(=O)CN2CCN(CC(=O)O)CCN(CC(=O)O)CCN(CC(=O)O)CC2)CSSC[C@@H](C(=O)C[C@H](CO)[C@@H](C)O)NC(=O)[C@H]([C@@H](C)O)CC1=O. The number of carboxylic acids is 3. The zero-order chi connectivity index (χ0) is 72.8. The summed E-state index contributed by atoms with van der Waals surface area (Å²) in [4.78, 5) is 165. The predicted molar refractivity (Wildman–Crippen MR) is 376 cm³/mol. The van der Waals surface area contributed by atoms with E-state index in [0.717, 1.165) is 32.5 Å². The number of hydrogen-bond donors (Lipinski definition) is 13. The number of phenolic OH excluding ortho intramolecular Hbond substituents is 1. The van der Waals surface area contributed by atoms with Crippen molar-refractivity contribution in [1.29, 1.82) is 0 Å². The largest absolute Gasteiger partial charge is 0.508 e. The molecule has 548 valence electrons. The van der Waals surface area contributed by atoms with E-state index in [2.05, 4.69) is 31.6 Å². The molecule has 13 N–H and O–H groups in total. The molecule has 3 heterocycles. The van der Waals surface area contributed by atoms with Gasteiger partial charge in [-0.1, -0.05) is 82.3 Å². The topological polar surface area (TPSA) is 418 Å². The predicted octanol–water partition coefficient (Wildman–Crippen LogP) is 1.16. The number of carbonyl (C=O) groups excluding carboxylic acids is 8. The summed E-state index contributed by atoms with van der Waals surface area (Å²) in [6.45, 7) is 2.05. The minimum Gasteiger partial charge on any atom is -0.508 e. The lowest BCUT2D eigenvalue weighted by atomic mass is 9.87. The van der Waals surface area contributed by atoms with Crippen molar-refractivity contribution in [2.24, 2.45) is 23.7 Å². The molecule has 0 radical (unpaired) electrons. The van der Waals surface area contributed by atoms with E-state index in [1.165, 1.54) is 26.0 Å². The number of ketones is 4. The summed E-state index contributed by atoms with van der Waals surface area (Å²) in [5.41, 5.74) is 2.51. The average Bonchev–Trinajstić information content (AvgIpc) is 1.61. The number of aromatic amines is 1. The van der Waals surface area contributed by atoms with Gasteiger partial charge in [0, 0.05) is 125 Å². The van der Waals surface area contributed by atoms with Crippen LogP contribution in [0.15, 0.2) is 85.1 Å². The molecule has 30 heteroatoms. The maximum atomic E-state index is 15.4. The molecule has 2 fully saturated rings. The van der Waals surface area contributed by atoms with Gasteiger partial charge in [-0.3, -0.25) is 72.3 Å². The summed E-state index contributed by atoms with van der Waals surface area (Å²) in [5, 5.41) is 86.8. The quantitative estimate of drug-likeness (QED) is 0.0268. The van der Waals surface area contributed by atoms with Crippen LogP contribution in [-0.2, 0) is 72.0 Å². The lowest BCUT2D eigenvalue weighted by Gasteiger charge is -2.33. The summed E-state index contributed by atoms with van der Waals surface area (Å²) in [7, 11) is 3.82. The number of rotatable bonds is 29. The molecule has 2 aliphatic heterocycles. The number of fused-ring (bicyclic) bond motifs is 1. The molecular formula is C70H98N10O18S2. The first-order chi connectivity index (χ1) is 47.8. The second-order valence-corrected chi connectivity index (χ2v) is 28.5. The van der Waals surface area contributed by atoms with E-state index in [0.29, 0.717) is 36.1 Å². The van der Waals surface area contributed by atoms with Crippen molar-refractivity contribution in [2.45, 2.75) is 114 Å². The number of amides is 4. The Kier molecular flexibility index (Phi) is 34.1. The van der Waals surface area contributed by atoms with Crippen LogP contribution in [-0.4, -0.2) is 272 Å². The highest BCUT2D eigenvalue weighted by molar-refractivity contribution is 8.76. The fourth-order valence-electron chi connectivity index (χ4n) is 12.2. The minimum absolute atomic E-state index is 0.0406.